The first-order valence-electron chi connectivity index (χ1n) is 6.89. The number of rotatable bonds is 3. The lowest BCUT2D eigenvalue weighted by Gasteiger charge is -2.38. The monoisotopic (exact) mass is 240 g/mol. The molecule has 1 heterocycles. The summed E-state index contributed by atoms with van der Waals surface area (Å²) in [5.41, 5.74) is 5.70. The molecular weight excluding hydrogens is 216 g/mol. The zero-order chi connectivity index (χ0) is 12.1. The van der Waals surface area contributed by atoms with Crippen LogP contribution in [0, 0.1) is 0 Å². The molecule has 2 rings (SSSR count). The van der Waals surface area contributed by atoms with Crippen LogP contribution in [0.3, 0.4) is 0 Å². The number of amides is 1. The lowest BCUT2D eigenvalue weighted by atomic mass is 9.81. The van der Waals surface area contributed by atoms with Crippen molar-refractivity contribution < 1.29 is 9.53 Å². The van der Waals surface area contributed by atoms with Crippen LogP contribution in [0.1, 0.15) is 51.4 Å². The Morgan fingerprint density at radius 1 is 1.24 bits per heavy atom. The minimum absolute atomic E-state index is 0.0528. The van der Waals surface area contributed by atoms with Crippen molar-refractivity contribution in [3.05, 3.63) is 0 Å². The fraction of sp³-hybridized carbons (Fsp3) is 0.923. The molecule has 1 aliphatic heterocycles. The molecule has 1 amide bonds. The summed E-state index contributed by atoms with van der Waals surface area (Å²) in [4.78, 5) is 12.1. The van der Waals surface area contributed by atoms with Gasteiger partial charge in [0.1, 0.15) is 6.10 Å². The number of nitrogens with one attached hydrogen (secondary N) is 1. The molecule has 0 radical (unpaired) electrons. The molecule has 1 saturated heterocycles. The van der Waals surface area contributed by atoms with Gasteiger partial charge in [-0.1, -0.05) is 19.3 Å². The minimum atomic E-state index is -0.242. The van der Waals surface area contributed by atoms with E-state index < -0.39 is 0 Å². The van der Waals surface area contributed by atoms with Crippen molar-refractivity contribution in [1.29, 1.82) is 0 Å². The molecule has 1 unspecified atom stereocenters. The Hall–Kier alpha value is -0.610. The van der Waals surface area contributed by atoms with Gasteiger partial charge in [0.25, 0.3) is 0 Å². The molecule has 98 valence electrons. The van der Waals surface area contributed by atoms with E-state index in [9.17, 15) is 4.79 Å². The molecule has 2 aliphatic rings. The maximum atomic E-state index is 12.1. The summed E-state index contributed by atoms with van der Waals surface area (Å²) in [5, 5.41) is 3.16. The second-order valence-electron chi connectivity index (χ2n) is 5.39. The SMILES string of the molecule is NCC1(NC(=O)C2CCCCO2)CCCCC1. The average Bonchev–Trinajstić information content (AvgIpc) is 2.41. The number of hydrogen-bond donors (Lipinski definition) is 2. The van der Waals surface area contributed by atoms with Crippen molar-refractivity contribution in [1.82, 2.24) is 5.32 Å². The molecule has 4 heteroatoms. The van der Waals surface area contributed by atoms with Gasteiger partial charge in [-0.2, -0.15) is 0 Å². The van der Waals surface area contributed by atoms with E-state index in [4.69, 9.17) is 10.5 Å². The molecule has 0 spiro atoms. The quantitative estimate of drug-likeness (QED) is 0.782. The Bertz CT molecular complexity index is 256. The number of ether oxygens (including phenoxy) is 1. The first-order chi connectivity index (χ1) is 8.26. The normalized spacial score (nSPS) is 28.6. The Balaban J connectivity index is 1.90. The summed E-state index contributed by atoms with van der Waals surface area (Å²) < 4.78 is 5.52. The summed E-state index contributed by atoms with van der Waals surface area (Å²) in [5.74, 6) is 0.0528. The van der Waals surface area contributed by atoms with Gasteiger partial charge in [-0.15, -0.1) is 0 Å². The fourth-order valence-corrected chi connectivity index (χ4v) is 2.90. The second-order valence-corrected chi connectivity index (χ2v) is 5.39. The van der Waals surface area contributed by atoms with Crippen molar-refractivity contribution in [3.8, 4) is 0 Å². The second kappa shape index (κ2) is 5.83. The van der Waals surface area contributed by atoms with Gasteiger partial charge in [-0.05, 0) is 32.1 Å². The van der Waals surface area contributed by atoms with Crippen LogP contribution in [-0.4, -0.2) is 30.7 Å². The van der Waals surface area contributed by atoms with Crippen molar-refractivity contribution >= 4 is 5.91 Å². The minimum Gasteiger partial charge on any atom is -0.368 e. The van der Waals surface area contributed by atoms with Gasteiger partial charge in [-0.25, -0.2) is 0 Å². The van der Waals surface area contributed by atoms with Crippen LogP contribution in [0.2, 0.25) is 0 Å². The highest BCUT2D eigenvalue weighted by molar-refractivity contribution is 5.81. The number of hydrogen-bond acceptors (Lipinski definition) is 3. The third-order valence-electron chi connectivity index (χ3n) is 4.06. The van der Waals surface area contributed by atoms with Crippen molar-refractivity contribution in [2.45, 2.75) is 63.0 Å². The maximum Gasteiger partial charge on any atom is 0.249 e. The predicted molar refractivity (Wildman–Crippen MR) is 66.6 cm³/mol. The standard InChI is InChI=1S/C13H24N2O2/c14-10-13(7-3-1-4-8-13)15-12(16)11-6-2-5-9-17-11/h11H,1-10,14H2,(H,15,16). The summed E-state index contributed by atoms with van der Waals surface area (Å²) in [7, 11) is 0. The summed E-state index contributed by atoms with van der Waals surface area (Å²) in [6, 6.07) is 0. The first kappa shape index (κ1) is 12.8. The Morgan fingerprint density at radius 3 is 2.59 bits per heavy atom. The van der Waals surface area contributed by atoms with Crippen LogP contribution >= 0.6 is 0 Å². The average molecular weight is 240 g/mol. The lowest BCUT2D eigenvalue weighted by Crippen LogP contribution is -2.57. The van der Waals surface area contributed by atoms with Crippen LogP contribution in [-0.2, 0) is 9.53 Å². The first-order valence-corrected chi connectivity index (χ1v) is 6.89. The molecule has 0 bridgehead atoms. The molecule has 1 saturated carbocycles. The van der Waals surface area contributed by atoms with Gasteiger partial charge >= 0.3 is 0 Å². The van der Waals surface area contributed by atoms with E-state index in [2.05, 4.69) is 5.32 Å². The highest BCUT2D eigenvalue weighted by Gasteiger charge is 2.34. The van der Waals surface area contributed by atoms with Crippen LogP contribution in [0.5, 0.6) is 0 Å². The third kappa shape index (κ3) is 3.19. The van der Waals surface area contributed by atoms with Gasteiger partial charge < -0.3 is 15.8 Å². The van der Waals surface area contributed by atoms with Crippen LogP contribution in [0.25, 0.3) is 0 Å². The maximum absolute atomic E-state index is 12.1. The van der Waals surface area contributed by atoms with Crippen LogP contribution in [0.15, 0.2) is 0 Å². The van der Waals surface area contributed by atoms with Crippen molar-refractivity contribution in [3.63, 3.8) is 0 Å². The van der Waals surface area contributed by atoms with Gasteiger partial charge in [0.05, 0.1) is 5.54 Å². The largest absolute Gasteiger partial charge is 0.368 e. The van der Waals surface area contributed by atoms with Gasteiger partial charge in [0, 0.05) is 13.2 Å². The van der Waals surface area contributed by atoms with E-state index in [1.807, 2.05) is 0 Å². The zero-order valence-corrected chi connectivity index (χ0v) is 10.5. The highest BCUT2D eigenvalue weighted by Crippen LogP contribution is 2.27. The van der Waals surface area contributed by atoms with E-state index >= 15 is 0 Å². The summed E-state index contributed by atoms with van der Waals surface area (Å²) in [6.45, 7) is 1.26. The molecule has 17 heavy (non-hydrogen) atoms. The molecule has 0 aromatic heterocycles. The van der Waals surface area contributed by atoms with Crippen molar-refractivity contribution in [2.75, 3.05) is 13.2 Å². The van der Waals surface area contributed by atoms with Crippen molar-refractivity contribution in [2.24, 2.45) is 5.73 Å². The molecular formula is C13H24N2O2. The predicted octanol–water partition coefficient (Wildman–Crippen LogP) is 1.33. The van der Waals surface area contributed by atoms with Gasteiger partial charge in [-0.3, -0.25) is 4.79 Å². The number of nitrogens with two attached hydrogens (primary N) is 1. The molecule has 1 atom stereocenters. The summed E-state index contributed by atoms with van der Waals surface area (Å²) >= 11 is 0. The Labute approximate surface area is 103 Å². The lowest BCUT2D eigenvalue weighted by molar-refractivity contribution is -0.137. The molecule has 4 nitrogen and oxygen atoms in total. The Morgan fingerprint density at radius 2 is 2.00 bits per heavy atom. The van der Waals surface area contributed by atoms with Gasteiger partial charge in [0.2, 0.25) is 5.91 Å². The van der Waals surface area contributed by atoms with Crippen LogP contribution in [0.4, 0.5) is 0 Å². The third-order valence-corrected chi connectivity index (χ3v) is 4.06. The topological polar surface area (TPSA) is 64.3 Å². The molecule has 0 aromatic rings. The zero-order valence-electron chi connectivity index (χ0n) is 10.5. The molecule has 1 aliphatic carbocycles. The number of carbonyl (C=O) groups excluding carboxylic acids is 1. The van der Waals surface area contributed by atoms with E-state index in [1.165, 1.54) is 19.3 Å². The Kier molecular flexibility index (Phi) is 4.40. The molecule has 2 fully saturated rings. The van der Waals surface area contributed by atoms with E-state index in [1.54, 1.807) is 0 Å². The van der Waals surface area contributed by atoms with E-state index in [0.717, 1.165) is 32.1 Å². The molecule has 3 N–H and O–H groups in total. The van der Waals surface area contributed by atoms with Crippen LogP contribution < -0.4 is 11.1 Å². The molecule has 0 aromatic carbocycles. The summed E-state index contributed by atoms with van der Waals surface area (Å²) in [6.07, 6.45) is 8.41. The smallest absolute Gasteiger partial charge is 0.249 e. The number of carbonyl (C=O) groups is 1. The fourth-order valence-electron chi connectivity index (χ4n) is 2.90. The van der Waals surface area contributed by atoms with Gasteiger partial charge in [0.15, 0.2) is 0 Å². The highest BCUT2D eigenvalue weighted by atomic mass is 16.5. The van der Waals surface area contributed by atoms with E-state index in [0.29, 0.717) is 13.2 Å². The van der Waals surface area contributed by atoms with E-state index in [-0.39, 0.29) is 17.6 Å².